The van der Waals surface area contributed by atoms with Crippen LogP contribution < -0.4 is 15.5 Å². The van der Waals surface area contributed by atoms with Crippen LogP contribution >= 0.6 is 11.3 Å². The predicted molar refractivity (Wildman–Crippen MR) is 113 cm³/mol. The maximum absolute atomic E-state index is 12.6. The van der Waals surface area contributed by atoms with Crippen LogP contribution in [0.4, 0.5) is 16.4 Å². The van der Waals surface area contributed by atoms with E-state index in [0.29, 0.717) is 10.9 Å². The lowest BCUT2D eigenvalue weighted by Crippen LogP contribution is -2.30. The zero-order valence-corrected chi connectivity index (χ0v) is 17.2. The van der Waals surface area contributed by atoms with Gasteiger partial charge < -0.3 is 15.5 Å². The Morgan fingerprint density at radius 2 is 1.85 bits per heavy atom. The summed E-state index contributed by atoms with van der Waals surface area (Å²) in [6, 6.07) is 10.2. The minimum atomic E-state index is -0.145. The topological polar surface area (TPSA) is 61.4 Å². The number of nitrogens with zero attached hydrogens (tertiary/aromatic N) is 1. The molecule has 0 radical (unpaired) electrons. The van der Waals surface area contributed by atoms with E-state index >= 15 is 0 Å². The molecule has 144 valence electrons. The average molecular weight is 386 g/mol. The smallest absolute Gasteiger partial charge is 0.266 e. The molecule has 1 fully saturated rings. The van der Waals surface area contributed by atoms with Crippen LogP contribution in [0.15, 0.2) is 30.3 Å². The molecule has 1 saturated carbocycles. The van der Waals surface area contributed by atoms with Gasteiger partial charge in [0.05, 0.1) is 9.88 Å². The Hall–Kier alpha value is -2.34. The number of thiophene rings is 1. The Kier molecular flexibility index (Phi) is 5.85. The third kappa shape index (κ3) is 4.69. The number of aryl methyl sites for hydroxylation is 1. The van der Waals surface area contributed by atoms with Gasteiger partial charge in [-0.1, -0.05) is 0 Å². The fraction of sp³-hybridized carbons (Fsp3) is 0.429. The van der Waals surface area contributed by atoms with Crippen molar-refractivity contribution in [3.8, 4) is 0 Å². The van der Waals surface area contributed by atoms with Gasteiger partial charge in [0, 0.05) is 29.9 Å². The highest BCUT2D eigenvalue weighted by Gasteiger charge is 2.30. The normalized spacial score (nSPS) is 13.5. The first-order valence-electron chi connectivity index (χ1n) is 9.48. The van der Waals surface area contributed by atoms with Gasteiger partial charge in [-0.15, -0.1) is 11.3 Å². The van der Waals surface area contributed by atoms with Gasteiger partial charge in [0.15, 0.2) is 0 Å². The molecule has 1 aromatic carbocycles. The van der Waals surface area contributed by atoms with Gasteiger partial charge in [0.1, 0.15) is 0 Å². The Morgan fingerprint density at radius 3 is 2.41 bits per heavy atom. The average Bonchev–Trinajstić information content (AvgIpc) is 3.40. The highest BCUT2D eigenvalue weighted by molar-refractivity contribution is 7.18. The predicted octanol–water partition coefficient (Wildman–Crippen LogP) is 4.89. The maximum atomic E-state index is 12.6. The van der Waals surface area contributed by atoms with Crippen molar-refractivity contribution in [2.75, 3.05) is 22.1 Å². The first-order valence-corrected chi connectivity index (χ1v) is 10.3. The van der Waals surface area contributed by atoms with Gasteiger partial charge in [0.2, 0.25) is 5.91 Å². The summed E-state index contributed by atoms with van der Waals surface area (Å²) < 4.78 is 0. The monoisotopic (exact) mass is 385 g/mol. The summed E-state index contributed by atoms with van der Waals surface area (Å²) in [5, 5.41) is 6.61. The number of hydrogen-bond donors (Lipinski definition) is 2. The summed E-state index contributed by atoms with van der Waals surface area (Å²) in [4.78, 5) is 27.5. The zero-order chi connectivity index (χ0) is 19.6. The van der Waals surface area contributed by atoms with E-state index in [1.54, 1.807) is 0 Å². The molecule has 0 aliphatic heterocycles. The molecule has 1 aromatic heterocycles. The van der Waals surface area contributed by atoms with E-state index in [-0.39, 0.29) is 17.7 Å². The molecular formula is C21H27N3O2S. The molecule has 6 heteroatoms. The quantitative estimate of drug-likeness (QED) is 0.713. The summed E-state index contributed by atoms with van der Waals surface area (Å²) in [6.45, 7) is 9.29. The van der Waals surface area contributed by atoms with Crippen LogP contribution in [0.1, 0.15) is 48.8 Å². The molecule has 2 amide bonds. The van der Waals surface area contributed by atoms with Crippen molar-refractivity contribution in [1.82, 2.24) is 0 Å². The molecular weight excluding hydrogens is 358 g/mol. The van der Waals surface area contributed by atoms with Crippen molar-refractivity contribution in [2.45, 2.75) is 46.6 Å². The van der Waals surface area contributed by atoms with E-state index in [1.807, 2.05) is 37.3 Å². The second-order valence-corrected chi connectivity index (χ2v) is 8.32. The third-order valence-electron chi connectivity index (χ3n) is 4.74. The fourth-order valence-electron chi connectivity index (χ4n) is 3.11. The Morgan fingerprint density at radius 1 is 1.19 bits per heavy atom. The summed E-state index contributed by atoms with van der Waals surface area (Å²) >= 11 is 1.32. The van der Waals surface area contributed by atoms with Crippen molar-refractivity contribution in [3.63, 3.8) is 0 Å². The Bertz CT molecular complexity index is 822. The number of carbonyl (C=O) groups is 2. The van der Waals surface area contributed by atoms with E-state index < -0.39 is 0 Å². The fourth-order valence-corrected chi connectivity index (χ4v) is 4.08. The number of hydrogen-bond acceptors (Lipinski definition) is 4. The van der Waals surface area contributed by atoms with Crippen LogP contribution in [0.2, 0.25) is 0 Å². The van der Waals surface area contributed by atoms with E-state index in [0.717, 1.165) is 41.3 Å². The molecule has 2 aromatic rings. The lowest BCUT2D eigenvalue weighted by atomic mass is 10.2. The summed E-state index contributed by atoms with van der Waals surface area (Å²) in [7, 11) is 0. The van der Waals surface area contributed by atoms with Gasteiger partial charge in [-0.2, -0.15) is 0 Å². The third-order valence-corrected chi connectivity index (χ3v) is 5.89. The number of rotatable bonds is 7. The minimum Gasteiger partial charge on any atom is -0.369 e. The molecule has 1 aliphatic carbocycles. The summed E-state index contributed by atoms with van der Waals surface area (Å²) in [5.74, 6) is 0.0644. The van der Waals surface area contributed by atoms with Crippen molar-refractivity contribution in [3.05, 3.63) is 40.8 Å². The maximum Gasteiger partial charge on any atom is 0.266 e. The molecule has 27 heavy (non-hydrogen) atoms. The summed E-state index contributed by atoms with van der Waals surface area (Å²) in [6.07, 6.45) is 1.93. The van der Waals surface area contributed by atoms with Gasteiger partial charge in [-0.05, 0) is 76.4 Å². The molecule has 0 atom stereocenters. The van der Waals surface area contributed by atoms with Crippen LogP contribution in [0.25, 0.3) is 0 Å². The van der Waals surface area contributed by atoms with E-state index in [1.165, 1.54) is 11.3 Å². The number of carbonyl (C=O) groups excluding carboxylic acids is 2. The molecule has 5 nitrogen and oxygen atoms in total. The first kappa shape index (κ1) is 19.4. The molecule has 1 heterocycles. The second kappa shape index (κ2) is 8.13. The molecule has 2 N–H and O–H groups in total. The van der Waals surface area contributed by atoms with Crippen molar-refractivity contribution >= 4 is 39.5 Å². The molecule has 0 spiro atoms. The Balaban J connectivity index is 1.66. The van der Waals surface area contributed by atoms with E-state index in [2.05, 4.69) is 36.3 Å². The van der Waals surface area contributed by atoms with E-state index in [4.69, 9.17) is 0 Å². The lowest BCUT2D eigenvalue weighted by molar-refractivity contribution is -0.117. The van der Waals surface area contributed by atoms with Crippen LogP contribution in [0.5, 0.6) is 0 Å². The van der Waals surface area contributed by atoms with Crippen LogP contribution in [-0.2, 0) is 4.79 Å². The molecule has 0 bridgehead atoms. The molecule has 0 saturated heterocycles. The number of benzene rings is 1. The largest absolute Gasteiger partial charge is 0.369 e. The van der Waals surface area contributed by atoms with Crippen molar-refractivity contribution in [1.29, 1.82) is 0 Å². The van der Waals surface area contributed by atoms with Gasteiger partial charge in [-0.25, -0.2) is 0 Å². The summed E-state index contributed by atoms with van der Waals surface area (Å²) in [5.41, 5.74) is 2.78. The van der Waals surface area contributed by atoms with Crippen LogP contribution in [0, 0.1) is 12.8 Å². The van der Waals surface area contributed by atoms with Crippen LogP contribution in [-0.4, -0.2) is 24.4 Å². The van der Waals surface area contributed by atoms with Gasteiger partial charge in [-0.3, -0.25) is 9.59 Å². The molecule has 0 unspecified atom stereocenters. The van der Waals surface area contributed by atoms with Crippen molar-refractivity contribution in [2.24, 2.45) is 5.92 Å². The van der Waals surface area contributed by atoms with Gasteiger partial charge in [0.25, 0.3) is 5.91 Å². The number of amides is 2. The molecule has 3 rings (SSSR count). The SMILES string of the molecule is CCN(c1ccc(NC(=O)c2sc(NC(=O)C3CC3)cc2C)cc1)C(C)C. The Labute approximate surface area is 164 Å². The van der Waals surface area contributed by atoms with Crippen molar-refractivity contribution < 1.29 is 9.59 Å². The minimum absolute atomic E-state index is 0.0597. The lowest BCUT2D eigenvalue weighted by Gasteiger charge is -2.27. The zero-order valence-electron chi connectivity index (χ0n) is 16.3. The number of anilines is 3. The second-order valence-electron chi connectivity index (χ2n) is 7.27. The number of nitrogens with one attached hydrogen (secondary N) is 2. The van der Waals surface area contributed by atoms with E-state index in [9.17, 15) is 9.59 Å². The molecule has 1 aliphatic rings. The van der Waals surface area contributed by atoms with Crippen LogP contribution in [0.3, 0.4) is 0 Å². The standard InChI is InChI=1S/C21H27N3O2S/c1-5-24(13(2)3)17-10-8-16(9-11-17)22-21(26)19-14(4)12-18(27-19)23-20(25)15-6-7-15/h8-13,15H,5-7H2,1-4H3,(H,22,26)(H,23,25). The first-order chi connectivity index (χ1) is 12.9. The highest BCUT2D eigenvalue weighted by Crippen LogP contribution is 2.33. The van der Waals surface area contributed by atoms with Gasteiger partial charge >= 0.3 is 0 Å². The highest BCUT2D eigenvalue weighted by atomic mass is 32.1.